The van der Waals surface area contributed by atoms with Crippen LogP contribution in [0.5, 0.6) is 0 Å². The van der Waals surface area contributed by atoms with Gasteiger partial charge in [0.15, 0.2) is 0 Å². The Hall–Kier alpha value is -0.400. The van der Waals surface area contributed by atoms with Crippen molar-refractivity contribution in [2.45, 2.75) is 67.5 Å². The van der Waals surface area contributed by atoms with Crippen LogP contribution in [0.3, 0.4) is 0 Å². The van der Waals surface area contributed by atoms with E-state index in [0.29, 0.717) is 0 Å². The molecule has 0 saturated carbocycles. The fraction of sp³-hybridized carbons (Fsp3) is 1.00. The van der Waals surface area contributed by atoms with E-state index in [9.17, 15) is 0 Å². The molecule has 0 spiro atoms. The van der Waals surface area contributed by atoms with Crippen LogP contribution in [0.25, 0.3) is 0 Å². The second-order valence-corrected chi connectivity index (χ2v) is 6.31. The minimum Gasteiger partial charge on any atom is -0.190 e. The molecule has 0 amide bonds. The van der Waals surface area contributed by atoms with Gasteiger partial charge >= 0.3 is 0 Å². The molecular formula is C12H26N2. The van der Waals surface area contributed by atoms with Gasteiger partial charge in [-0.3, -0.25) is 0 Å². The molecule has 0 aromatic rings. The van der Waals surface area contributed by atoms with Gasteiger partial charge in [-0.2, -0.15) is 10.2 Å². The third-order valence-corrected chi connectivity index (χ3v) is 2.92. The molecular weight excluding hydrogens is 172 g/mol. The molecule has 0 rings (SSSR count). The predicted molar refractivity (Wildman–Crippen MR) is 62.7 cm³/mol. The summed E-state index contributed by atoms with van der Waals surface area (Å²) in [6.45, 7) is 17.4. The summed E-state index contributed by atoms with van der Waals surface area (Å²) in [6, 6.07) is 0.569. The van der Waals surface area contributed by atoms with Crippen LogP contribution in [-0.2, 0) is 0 Å². The minimum absolute atomic E-state index is 0.209. The zero-order valence-electron chi connectivity index (χ0n) is 11.0. The SMILES string of the molecule is CC(N=NC(C)C(C)(C)C)C(C)(C)C. The maximum atomic E-state index is 4.39. The molecule has 0 aromatic carbocycles. The van der Waals surface area contributed by atoms with Crippen molar-refractivity contribution in [3.8, 4) is 0 Å². The Morgan fingerprint density at radius 1 is 0.643 bits per heavy atom. The Morgan fingerprint density at radius 3 is 1.00 bits per heavy atom. The van der Waals surface area contributed by atoms with E-state index in [1.807, 2.05) is 0 Å². The largest absolute Gasteiger partial charge is 0.190 e. The van der Waals surface area contributed by atoms with Crippen LogP contribution in [0, 0.1) is 10.8 Å². The van der Waals surface area contributed by atoms with E-state index < -0.39 is 0 Å². The topological polar surface area (TPSA) is 24.7 Å². The average molecular weight is 198 g/mol. The first-order valence-corrected chi connectivity index (χ1v) is 5.45. The highest BCUT2D eigenvalue weighted by Crippen LogP contribution is 2.25. The van der Waals surface area contributed by atoms with Crippen molar-refractivity contribution in [1.29, 1.82) is 0 Å². The van der Waals surface area contributed by atoms with Gasteiger partial charge in [0.05, 0.1) is 12.1 Å². The van der Waals surface area contributed by atoms with Gasteiger partial charge in [-0.15, -0.1) is 0 Å². The van der Waals surface area contributed by atoms with E-state index in [1.165, 1.54) is 0 Å². The summed E-state index contributed by atoms with van der Waals surface area (Å²) in [7, 11) is 0. The molecule has 0 aliphatic rings. The summed E-state index contributed by atoms with van der Waals surface area (Å²) in [6.07, 6.45) is 0. The third kappa shape index (κ3) is 4.73. The standard InChI is InChI=1S/C12H26N2/c1-9(11(3,4)5)13-14-10(2)12(6,7)8/h9-10H,1-8H3. The van der Waals surface area contributed by atoms with Crippen molar-refractivity contribution in [2.24, 2.45) is 21.1 Å². The van der Waals surface area contributed by atoms with Gasteiger partial charge in [-0.05, 0) is 24.7 Å². The summed E-state index contributed by atoms with van der Waals surface area (Å²) < 4.78 is 0. The fourth-order valence-electron chi connectivity index (χ4n) is 0.546. The Bertz CT molecular complexity index is 171. The lowest BCUT2D eigenvalue weighted by atomic mass is 9.88. The molecule has 14 heavy (non-hydrogen) atoms. The van der Waals surface area contributed by atoms with E-state index in [-0.39, 0.29) is 22.9 Å². The monoisotopic (exact) mass is 198 g/mol. The maximum Gasteiger partial charge on any atom is 0.0728 e. The minimum atomic E-state index is 0.209. The van der Waals surface area contributed by atoms with Crippen molar-refractivity contribution in [1.82, 2.24) is 0 Å². The van der Waals surface area contributed by atoms with E-state index in [1.54, 1.807) is 0 Å². The third-order valence-electron chi connectivity index (χ3n) is 2.92. The van der Waals surface area contributed by atoms with Gasteiger partial charge in [0.25, 0.3) is 0 Å². The van der Waals surface area contributed by atoms with Crippen molar-refractivity contribution in [3.63, 3.8) is 0 Å². The lowest BCUT2D eigenvalue weighted by molar-refractivity contribution is 0.296. The van der Waals surface area contributed by atoms with Crippen molar-refractivity contribution in [3.05, 3.63) is 0 Å². The van der Waals surface area contributed by atoms with Crippen LogP contribution in [0.2, 0.25) is 0 Å². The van der Waals surface area contributed by atoms with Crippen LogP contribution in [0.4, 0.5) is 0 Å². The number of hydrogen-bond donors (Lipinski definition) is 0. The summed E-state index contributed by atoms with van der Waals surface area (Å²) in [5.74, 6) is 0. The van der Waals surface area contributed by atoms with Gasteiger partial charge in [-0.25, -0.2) is 0 Å². The van der Waals surface area contributed by atoms with Crippen molar-refractivity contribution >= 4 is 0 Å². The van der Waals surface area contributed by atoms with Crippen LogP contribution in [0.1, 0.15) is 55.4 Å². The summed E-state index contributed by atoms with van der Waals surface area (Å²) >= 11 is 0. The summed E-state index contributed by atoms with van der Waals surface area (Å²) in [5, 5.41) is 8.77. The van der Waals surface area contributed by atoms with Gasteiger partial charge in [0, 0.05) is 0 Å². The number of nitrogens with zero attached hydrogens (tertiary/aromatic N) is 2. The first kappa shape index (κ1) is 13.6. The average Bonchev–Trinajstić information content (AvgIpc) is 1.95. The molecule has 0 aromatic heterocycles. The molecule has 2 nitrogen and oxygen atoms in total. The van der Waals surface area contributed by atoms with E-state index in [4.69, 9.17) is 0 Å². The molecule has 84 valence electrons. The van der Waals surface area contributed by atoms with Gasteiger partial charge < -0.3 is 0 Å². The van der Waals surface area contributed by atoms with E-state index >= 15 is 0 Å². The Morgan fingerprint density at radius 2 is 0.857 bits per heavy atom. The highest BCUT2D eigenvalue weighted by molar-refractivity contribution is 4.78. The molecule has 2 heteroatoms. The van der Waals surface area contributed by atoms with Gasteiger partial charge in [0.2, 0.25) is 0 Å². The lowest BCUT2D eigenvalue weighted by Gasteiger charge is -2.25. The Labute approximate surface area is 89.2 Å². The van der Waals surface area contributed by atoms with E-state index in [2.05, 4.69) is 65.6 Å². The van der Waals surface area contributed by atoms with Gasteiger partial charge in [0.1, 0.15) is 0 Å². The fourth-order valence-corrected chi connectivity index (χ4v) is 0.546. The summed E-state index contributed by atoms with van der Waals surface area (Å²) in [4.78, 5) is 0. The molecule has 0 aliphatic carbocycles. The van der Waals surface area contributed by atoms with Crippen molar-refractivity contribution in [2.75, 3.05) is 0 Å². The van der Waals surface area contributed by atoms with E-state index in [0.717, 1.165) is 0 Å². The first-order chi connectivity index (χ1) is 6.05. The normalized spacial score (nSPS) is 18.6. The Balaban J connectivity index is 4.32. The number of rotatable bonds is 2. The smallest absolute Gasteiger partial charge is 0.0728 e. The second kappa shape index (κ2) is 4.41. The first-order valence-electron chi connectivity index (χ1n) is 5.45. The second-order valence-electron chi connectivity index (χ2n) is 6.31. The quantitative estimate of drug-likeness (QED) is 0.591. The zero-order chi connectivity index (χ0) is 11.6. The molecule has 0 N–H and O–H groups in total. The Kier molecular flexibility index (Phi) is 4.29. The van der Waals surface area contributed by atoms with Crippen LogP contribution in [-0.4, -0.2) is 12.1 Å². The maximum absolute atomic E-state index is 4.39. The predicted octanol–water partition coefficient (Wildman–Crippen LogP) is 4.31. The molecule has 0 heterocycles. The molecule has 2 unspecified atom stereocenters. The zero-order valence-corrected chi connectivity index (χ0v) is 11.0. The van der Waals surface area contributed by atoms with Crippen LogP contribution < -0.4 is 0 Å². The van der Waals surface area contributed by atoms with Crippen molar-refractivity contribution < 1.29 is 0 Å². The number of hydrogen-bond acceptors (Lipinski definition) is 2. The highest BCUT2D eigenvalue weighted by Gasteiger charge is 2.22. The summed E-state index contributed by atoms with van der Waals surface area (Å²) in [5.41, 5.74) is 0.419. The molecule has 0 saturated heterocycles. The molecule has 0 aliphatic heterocycles. The van der Waals surface area contributed by atoms with Gasteiger partial charge in [-0.1, -0.05) is 41.5 Å². The van der Waals surface area contributed by atoms with Crippen LogP contribution in [0.15, 0.2) is 10.2 Å². The molecule has 0 bridgehead atoms. The molecule has 2 atom stereocenters. The lowest BCUT2D eigenvalue weighted by Crippen LogP contribution is -2.23. The molecule has 0 fully saturated rings. The number of azo groups is 1. The molecule has 0 radical (unpaired) electrons. The van der Waals surface area contributed by atoms with Crippen LogP contribution >= 0.6 is 0 Å². The highest BCUT2D eigenvalue weighted by atomic mass is 15.1.